The molecule has 1 aliphatic heterocycles. The van der Waals surface area contributed by atoms with Gasteiger partial charge in [-0.1, -0.05) is 12.1 Å². The molecule has 3 aromatic rings. The van der Waals surface area contributed by atoms with Crippen molar-refractivity contribution in [1.82, 2.24) is 4.98 Å². The van der Waals surface area contributed by atoms with Crippen LogP contribution in [0.1, 0.15) is 33.4 Å². The molecule has 1 aliphatic rings. The van der Waals surface area contributed by atoms with E-state index in [0.29, 0.717) is 11.3 Å². The Labute approximate surface area is 134 Å². The average molecular weight is 312 g/mol. The predicted octanol–water partition coefficient (Wildman–Crippen LogP) is 4.53. The van der Waals surface area contributed by atoms with E-state index in [4.69, 9.17) is 14.1 Å². The Balaban J connectivity index is 1.90. The number of nitrogens with zero attached hydrogens (tertiary/aromatic N) is 2. The summed E-state index contributed by atoms with van der Waals surface area (Å²) < 4.78 is 6.00. The highest BCUT2D eigenvalue weighted by molar-refractivity contribution is 6.07. The molecule has 120 valence electrons. The number of hydrogen-bond acceptors (Lipinski definition) is 5. The summed E-state index contributed by atoms with van der Waals surface area (Å²) in [5.74, 6) is 0. The van der Waals surface area contributed by atoms with Gasteiger partial charge in [-0.25, -0.2) is 14.7 Å². The number of pyridine rings is 1. The van der Waals surface area contributed by atoms with Crippen LogP contribution in [0.5, 0.6) is 0 Å². The number of benzene rings is 1. The summed E-state index contributed by atoms with van der Waals surface area (Å²) in [4.78, 5) is 16.5. The van der Waals surface area contributed by atoms with Gasteiger partial charge in [-0.05, 0) is 52.8 Å². The van der Waals surface area contributed by atoms with Crippen molar-refractivity contribution in [2.24, 2.45) is 0 Å². The Morgan fingerprint density at radius 3 is 2.30 bits per heavy atom. The highest BCUT2D eigenvalue weighted by Gasteiger charge is 2.50. The second kappa shape index (κ2) is 4.46. The van der Waals surface area contributed by atoms with Crippen LogP contribution < -0.4 is 5.23 Å². The maximum absolute atomic E-state index is 6.01. The topological polar surface area (TPSA) is 47.7 Å². The molecule has 0 aliphatic carbocycles. The predicted molar refractivity (Wildman–Crippen MR) is 89.1 cm³/mol. The third-order valence-electron chi connectivity index (χ3n) is 4.75. The smallest absolute Gasteiger partial charge is 0.227 e. The monoisotopic (exact) mass is 312 g/mol. The lowest BCUT2D eigenvalue weighted by Gasteiger charge is -2.26. The lowest BCUT2D eigenvalue weighted by atomic mass is 9.90. The zero-order valence-electron chi connectivity index (χ0n) is 14.0. The number of furan rings is 1. The van der Waals surface area contributed by atoms with Gasteiger partial charge in [-0.2, -0.15) is 0 Å². The van der Waals surface area contributed by atoms with Crippen molar-refractivity contribution in [1.29, 1.82) is 0 Å². The molecule has 5 nitrogen and oxygen atoms in total. The number of rotatable bonds is 1. The van der Waals surface area contributed by atoms with Gasteiger partial charge in [0.25, 0.3) is 0 Å². The van der Waals surface area contributed by atoms with Crippen molar-refractivity contribution in [2.45, 2.75) is 45.8 Å². The summed E-state index contributed by atoms with van der Waals surface area (Å²) in [5, 5.41) is 3.46. The van der Waals surface area contributed by atoms with Crippen molar-refractivity contribution in [3.8, 4) is 0 Å². The molecule has 0 atom stereocenters. The highest BCUT2D eigenvalue weighted by Crippen LogP contribution is 2.43. The second-order valence-corrected chi connectivity index (χ2v) is 7.02. The van der Waals surface area contributed by atoms with Crippen molar-refractivity contribution >= 4 is 27.8 Å². The zero-order chi connectivity index (χ0) is 16.4. The first kappa shape index (κ1) is 14.5. The summed E-state index contributed by atoms with van der Waals surface area (Å²) in [6.45, 7) is 9.99. The lowest BCUT2D eigenvalue weighted by molar-refractivity contribution is -0.0269. The van der Waals surface area contributed by atoms with Gasteiger partial charge >= 0.3 is 0 Å². The molecule has 5 heteroatoms. The summed E-state index contributed by atoms with van der Waals surface area (Å²) in [5.41, 5.74) is 2.12. The minimum absolute atomic E-state index is 0.448. The van der Waals surface area contributed by atoms with Crippen molar-refractivity contribution in [2.75, 3.05) is 5.23 Å². The van der Waals surface area contributed by atoms with Crippen LogP contribution >= 0.6 is 0 Å². The Morgan fingerprint density at radius 2 is 1.61 bits per heavy atom. The van der Waals surface area contributed by atoms with Crippen LogP contribution in [0.4, 0.5) is 5.69 Å². The molecule has 1 fully saturated rings. The molecule has 0 spiro atoms. The molecule has 0 saturated carbocycles. The SMILES string of the molecule is Cc1ccc2c(n1)oc1c(N3OC(C)(C)C(C)(C)O3)cccc12. The molecule has 0 amide bonds. The fourth-order valence-electron chi connectivity index (χ4n) is 2.65. The van der Waals surface area contributed by atoms with E-state index < -0.39 is 11.2 Å². The normalized spacial score (nSPS) is 19.8. The largest absolute Gasteiger partial charge is 0.435 e. The quantitative estimate of drug-likeness (QED) is 0.660. The maximum Gasteiger partial charge on any atom is 0.227 e. The molecule has 23 heavy (non-hydrogen) atoms. The molecule has 2 aromatic heterocycles. The van der Waals surface area contributed by atoms with Crippen LogP contribution in [0.15, 0.2) is 34.7 Å². The van der Waals surface area contributed by atoms with E-state index in [2.05, 4.69) is 4.98 Å². The fourth-order valence-corrected chi connectivity index (χ4v) is 2.65. The van der Waals surface area contributed by atoms with Gasteiger partial charge in [0.2, 0.25) is 5.71 Å². The first-order valence-electron chi connectivity index (χ1n) is 7.76. The number of hydrogen-bond donors (Lipinski definition) is 0. The molecular weight excluding hydrogens is 292 g/mol. The molecule has 0 bridgehead atoms. The Morgan fingerprint density at radius 1 is 0.913 bits per heavy atom. The van der Waals surface area contributed by atoms with Crippen LogP contribution in [0.2, 0.25) is 0 Å². The number of aromatic nitrogens is 1. The van der Waals surface area contributed by atoms with E-state index in [9.17, 15) is 0 Å². The van der Waals surface area contributed by atoms with Crippen LogP contribution in [0, 0.1) is 6.92 Å². The first-order chi connectivity index (χ1) is 10.8. The minimum atomic E-state index is -0.448. The fraction of sp³-hybridized carbons (Fsp3) is 0.389. The van der Waals surface area contributed by atoms with E-state index in [1.165, 1.54) is 5.23 Å². The molecule has 1 saturated heterocycles. The summed E-state index contributed by atoms with van der Waals surface area (Å²) in [6, 6.07) is 9.94. The van der Waals surface area contributed by atoms with Gasteiger partial charge in [0.15, 0.2) is 5.58 Å². The average Bonchev–Trinajstić information content (AvgIpc) is 2.92. The van der Waals surface area contributed by atoms with Crippen molar-refractivity contribution in [3.63, 3.8) is 0 Å². The van der Waals surface area contributed by atoms with E-state index in [1.54, 1.807) is 0 Å². The number of anilines is 1. The Kier molecular flexibility index (Phi) is 2.81. The summed E-state index contributed by atoms with van der Waals surface area (Å²) in [6.07, 6.45) is 0. The van der Waals surface area contributed by atoms with Crippen molar-refractivity contribution < 1.29 is 14.1 Å². The van der Waals surface area contributed by atoms with Gasteiger partial charge in [-0.3, -0.25) is 0 Å². The Hall–Kier alpha value is -2.11. The Bertz CT molecular complexity index is 895. The molecule has 4 rings (SSSR count). The standard InChI is InChI=1S/C18H20N2O3/c1-11-9-10-13-12-7-6-8-14(15(12)21-16(13)19-11)20-22-17(2,3)18(4,5)23-20/h6-10H,1-5H3. The van der Waals surface area contributed by atoms with Gasteiger partial charge in [0.05, 0.1) is 0 Å². The zero-order valence-corrected chi connectivity index (χ0v) is 14.0. The third-order valence-corrected chi connectivity index (χ3v) is 4.75. The minimum Gasteiger partial charge on any atom is -0.435 e. The third kappa shape index (κ3) is 2.04. The lowest BCUT2D eigenvalue weighted by Crippen LogP contribution is -2.41. The van der Waals surface area contributed by atoms with Crippen LogP contribution in [-0.4, -0.2) is 16.2 Å². The van der Waals surface area contributed by atoms with E-state index in [0.717, 1.165) is 22.2 Å². The molecule has 3 heterocycles. The van der Waals surface area contributed by atoms with Gasteiger partial charge < -0.3 is 4.42 Å². The van der Waals surface area contributed by atoms with Crippen LogP contribution in [0.25, 0.3) is 22.1 Å². The summed E-state index contributed by atoms with van der Waals surface area (Å²) in [7, 11) is 0. The molecule has 0 radical (unpaired) electrons. The van der Waals surface area contributed by atoms with Gasteiger partial charge in [0.1, 0.15) is 16.9 Å². The van der Waals surface area contributed by atoms with E-state index in [1.807, 2.05) is 65.0 Å². The number of fused-ring (bicyclic) bond motifs is 3. The molecule has 0 N–H and O–H groups in total. The number of aryl methyl sites for hydroxylation is 1. The highest BCUT2D eigenvalue weighted by atomic mass is 17.0. The van der Waals surface area contributed by atoms with Gasteiger partial charge in [-0.15, -0.1) is 5.23 Å². The van der Waals surface area contributed by atoms with E-state index in [-0.39, 0.29) is 0 Å². The second-order valence-electron chi connectivity index (χ2n) is 7.02. The van der Waals surface area contributed by atoms with Gasteiger partial charge in [0, 0.05) is 16.5 Å². The van der Waals surface area contributed by atoms with Crippen molar-refractivity contribution in [3.05, 3.63) is 36.0 Å². The summed E-state index contributed by atoms with van der Waals surface area (Å²) >= 11 is 0. The first-order valence-corrected chi connectivity index (χ1v) is 7.76. The van der Waals surface area contributed by atoms with Crippen LogP contribution in [-0.2, 0) is 9.68 Å². The van der Waals surface area contributed by atoms with Crippen LogP contribution in [0.3, 0.4) is 0 Å². The molecular formula is C18H20N2O3. The number of para-hydroxylation sites is 1. The molecule has 0 unspecified atom stereocenters. The molecule has 1 aromatic carbocycles. The maximum atomic E-state index is 6.01. The van der Waals surface area contributed by atoms with E-state index >= 15 is 0 Å².